The molecule has 2 unspecified atom stereocenters. The van der Waals surface area contributed by atoms with Crippen molar-refractivity contribution in [1.82, 2.24) is 15.5 Å². The second-order valence-corrected chi connectivity index (χ2v) is 7.83. The molecule has 158 valence electrons. The van der Waals surface area contributed by atoms with Gasteiger partial charge in [0, 0.05) is 25.6 Å². The molecule has 1 saturated carbocycles. The fourth-order valence-electron chi connectivity index (χ4n) is 4.55. The highest BCUT2D eigenvalue weighted by Gasteiger charge is 2.57. The Bertz CT molecular complexity index is 635. The van der Waals surface area contributed by atoms with Gasteiger partial charge < -0.3 is 15.4 Å². The number of benzene rings is 1. The second kappa shape index (κ2) is 10.2. The van der Waals surface area contributed by atoms with Gasteiger partial charge >= 0.3 is 0 Å². The third kappa shape index (κ3) is 5.16. The minimum Gasteiger partial charge on any atom is -0.379 e. The highest BCUT2D eigenvalue weighted by Crippen LogP contribution is 2.58. The molecule has 3 fully saturated rings. The zero-order valence-electron chi connectivity index (χ0n) is 16.0. The first-order valence-corrected chi connectivity index (χ1v) is 9.74. The average Bonchev–Trinajstić information content (AvgIpc) is 3.37. The summed E-state index contributed by atoms with van der Waals surface area (Å²) in [4.78, 5) is 15.0. The van der Waals surface area contributed by atoms with Crippen molar-refractivity contribution < 1.29 is 13.9 Å². The first-order valence-electron chi connectivity index (χ1n) is 9.74. The number of hydrogen-bond acceptors (Lipinski definition) is 4. The van der Waals surface area contributed by atoms with Crippen LogP contribution in [0, 0.1) is 17.2 Å². The molecular formula is C20H30Cl2FN3O2. The van der Waals surface area contributed by atoms with Crippen molar-refractivity contribution in [1.29, 1.82) is 0 Å². The molecule has 0 bridgehead atoms. The molecule has 1 amide bonds. The van der Waals surface area contributed by atoms with Gasteiger partial charge in [-0.3, -0.25) is 9.69 Å². The lowest BCUT2D eigenvalue weighted by Crippen LogP contribution is -2.44. The van der Waals surface area contributed by atoms with Crippen LogP contribution in [-0.2, 0) is 9.53 Å². The maximum atomic E-state index is 13.3. The Hall–Kier alpha value is -0.920. The summed E-state index contributed by atoms with van der Waals surface area (Å²) in [7, 11) is 0. The van der Waals surface area contributed by atoms with Crippen molar-refractivity contribution >= 4 is 30.7 Å². The number of nitrogens with zero attached hydrogens (tertiary/aromatic N) is 1. The van der Waals surface area contributed by atoms with Crippen LogP contribution in [0.4, 0.5) is 4.39 Å². The average molecular weight is 434 g/mol. The number of hydrogen-bond donors (Lipinski definition) is 2. The highest BCUT2D eigenvalue weighted by atomic mass is 35.5. The van der Waals surface area contributed by atoms with Crippen LogP contribution in [0.25, 0.3) is 0 Å². The number of nitrogens with one attached hydrogen (secondary N) is 2. The van der Waals surface area contributed by atoms with Crippen LogP contribution < -0.4 is 10.6 Å². The summed E-state index contributed by atoms with van der Waals surface area (Å²) in [6, 6.07) is 6.71. The Kier molecular flexibility index (Phi) is 8.52. The maximum absolute atomic E-state index is 13.3. The van der Waals surface area contributed by atoms with E-state index >= 15 is 0 Å². The molecule has 1 aromatic carbocycles. The van der Waals surface area contributed by atoms with E-state index in [-0.39, 0.29) is 53.9 Å². The third-order valence-corrected chi connectivity index (χ3v) is 6.32. The van der Waals surface area contributed by atoms with Gasteiger partial charge in [-0.25, -0.2) is 4.39 Å². The van der Waals surface area contributed by atoms with Gasteiger partial charge in [-0.15, -0.1) is 24.8 Å². The number of carbonyl (C=O) groups excluding carboxylic acids is 1. The molecule has 8 heteroatoms. The summed E-state index contributed by atoms with van der Waals surface area (Å²) < 4.78 is 18.8. The van der Waals surface area contributed by atoms with Crippen molar-refractivity contribution in [3.8, 4) is 0 Å². The first kappa shape index (κ1) is 23.4. The predicted molar refractivity (Wildman–Crippen MR) is 112 cm³/mol. The Morgan fingerprint density at radius 2 is 1.86 bits per heavy atom. The van der Waals surface area contributed by atoms with E-state index in [2.05, 4.69) is 15.5 Å². The van der Waals surface area contributed by atoms with Crippen LogP contribution in [0.5, 0.6) is 0 Å². The normalized spacial score (nSPS) is 24.5. The van der Waals surface area contributed by atoms with Crippen molar-refractivity contribution in [2.45, 2.75) is 25.3 Å². The van der Waals surface area contributed by atoms with Gasteiger partial charge in [-0.05, 0) is 55.5 Å². The van der Waals surface area contributed by atoms with Gasteiger partial charge in [-0.1, -0.05) is 12.1 Å². The van der Waals surface area contributed by atoms with Gasteiger partial charge in [0.25, 0.3) is 0 Å². The lowest BCUT2D eigenvalue weighted by Gasteiger charge is -2.35. The van der Waals surface area contributed by atoms with Crippen LogP contribution in [0.3, 0.4) is 0 Å². The molecule has 28 heavy (non-hydrogen) atoms. The van der Waals surface area contributed by atoms with Crippen LogP contribution in [0.15, 0.2) is 24.3 Å². The molecule has 0 radical (unpaired) electrons. The highest BCUT2D eigenvalue weighted by molar-refractivity contribution is 5.85. The Labute approximate surface area is 178 Å². The van der Waals surface area contributed by atoms with E-state index in [1.165, 1.54) is 12.1 Å². The summed E-state index contributed by atoms with van der Waals surface area (Å²) in [6.07, 6.45) is 3.24. The Balaban J connectivity index is 0.00000140. The second-order valence-electron chi connectivity index (χ2n) is 7.83. The Morgan fingerprint density at radius 3 is 2.50 bits per heavy atom. The van der Waals surface area contributed by atoms with Gasteiger partial charge in [0.2, 0.25) is 5.91 Å². The molecule has 2 saturated heterocycles. The van der Waals surface area contributed by atoms with Crippen LogP contribution >= 0.6 is 24.8 Å². The van der Waals surface area contributed by atoms with Crippen molar-refractivity contribution in [2.75, 3.05) is 45.9 Å². The summed E-state index contributed by atoms with van der Waals surface area (Å²) >= 11 is 0. The van der Waals surface area contributed by atoms with Crippen molar-refractivity contribution in [2.24, 2.45) is 11.3 Å². The minimum absolute atomic E-state index is 0. The zero-order chi connectivity index (χ0) is 18.0. The Morgan fingerprint density at radius 1 is 1.21 bits per heavy atom. The molecular weight excluding hydrogens is 404 g/mol. The fourth-order valence-corrected chi connectivity index (χ4v) is 4.55. The van der Waals surface area contributed by atoms with Gasteiger partial charge in [0.05, 0.1) is 19.3 Å². The van der Waals surface area contributed by atoms with Gasteiger partial charge in [-0.2, -0.15) is 0 Å². The molecule has 2 heterocycles. The topological polar surface area (TPSA) is 53.6 Å². The quantitative estimate of drug-likeness (QED) is 0.748. The molecule has 5 nitrogen and oxygen atoms in total. The molecule has 1 aromatic rings. The zero-order valence-corrected chi connectivity index (χ0v) is 17.6. The van der Waals surface area contributed by atoms with E-state index in [0.29, 0.717) is 19.8 Å². The molecule has 2 aliphatic heterocycles. The largest absolute Gasteiger partial charge is 0.379 e. The smallest absolute Gasteiger partial charge is 0.223 e. The van der Waals surface area contributed by atoms with Crippen LogP contribution in [0.1, 0.15) is 30.9 Å². The summed E-state index contributed by atoms with van der Waals surface area (Å²) in [5, 5.41) is 6.57. The number of halogens is 3. The maximum Gasteiger partial charge on any atom is 0.223 e. The number of morpholine rings is 1. The lowest BCUT2D eigenvalue weighted by molar-refractivity contribution is -0.123. The van der Waals surface area contributed by atoms with E-state index in [1.54, 1.807) is 0 Å². The number of carbonyl (C=O) groups is 1. The SMILES string of the molecule is Cl.Cl.O=C(NCC(c1ccc(F)cc1)N1CCOCC1)C1CC12CCNCC2. The number of amides is 1. The molecule has 2 N–H and O–H groups in total. The van der Waals surface area contributed by atoms with E-state index < -0.39 is 0 Å². The predicted octanol–water partition coefficient (Wildman–Crippen LogP) is 2.55. The number of ether oxygens (including phenoxy) is 1. The molecule has 1 aliphatic carbocycles. The van der Waals surface area contributed by atoms with Crippen LogP contribution in [0.2, 0.25) is 0 Å². The van der Waals surface area contributed by atoms with Crippen molar-refractivity contribution in [3.05, 3.63) is 35.6 Å². The van der Waals surface area contributed by atoms with Crippen LogP contribution in [-0.4, -0.2) is 56.7 Å². The summed E-state index contributed by atoms with van der Waals surface area (Å²) in [5.41, 5.74) is 1.29. The standard InChI is InChI=1S/C20H28FN3O2.2ClH/c21-16-3-1-15(2-4-16)18(24-9-11-26-12-10-24)14-23-19(25)17-13-20(17)5-7-22-8-6-20;;/h1-4,17-18,22H,5-14H2,(H,23,25);2*1H. The molecule has 4 rings (SSSR count). The third-order valence-electron chi connectivity index (χ3n) is 6.32. The van der Waals surface area contributed by atoms with Crippen molar-refractivity contribution in [3.63, 3.8) is 0 Å². The summed E-state index contributed by atoms with van der Waals surface area (Å²) in [6.45, 7) is 5.67. The number of piperidine rings is 1. The van der Waals surface area contributed by atoms with Gasteiger partial charge in [0.1, 0.15) is 5.82 Å². The van der Waals surface area contributed by atoms with E-state index in [1.807, 2.05) is 12.1 Å². The minimum atomic E-state index is -0.232. The van der Waals surface area contributed by atoms with E-state index in [9.17, 15) is 9.18 Å². The molecule has 2 atom stereocenters. The molecule has 1 spiro atoms. The molecule has 3 aliphatic rings. The first-order chi connectivity index (χ1) is 12.7. The molecule has 0 aromatic heterocycles. The fraction of sp³-hybridized carbons (Fsp3) is 0.650. The lowest BCUT2D eigenvalue weighted by atomic mass is 9.91. The number of rotatable bonds is 5. The van der Waals surface area contributed by atoms with E-state index in [4.69, 9.17) is 4.74 Å². The summed E-state index contributed by atoms with van der Waals surface area (Å²) in [5.74, 6) is 0.125. The van der Waals surface area contributed by atoms with Gasteiger partial charge in [0.15, 0.2) is 0 Å². The monoisotopic (exact) mass is 433 g/mol. The van der Waals surface area contributed by atoms with E-state index in [0.717, 1.165) is 51.0 Å².